The minimum absolute atomic E-state index is 0.131. The Bertz CT molecular complexity index is 1210. The van der Waals surface area contributed by atoms with Crippen LogP contribution in [-0.4, -0.2) is 66.7 Å². The number of hydrogen-bond donors (Lipinski definition) is 2. The van der Waals surface area contributed by atoms with Crippen molar-refractivity contribution in [3.63, 3.8) is 0 Å². The van der Waals surface area contributed by atoms with Gasteiger partial charge in [0.2, 0.25) is 0 Å². The number of carbonyl (C=O) groups is 1. The van der Waals surface area contributed by atoms with Crippen LogP contribution in [0.25, 0.3) is 11.3 Å². The summed E-state index contributed by atoms with van der Waals surface area (Å²) in [6.07, 6.45) is 7.29. The van der Waals surface area contributed by atoms with Crippen LogP contribution >= 0.6 is 0 Å². The maximum atomic E-state index is 13.3. The van der Waals surface area contributed by atoms with E-state index in [9.17, 15) is 4.79 Å². The molecule has 0 bridgehead atoms. The van der Waals surface area contributed by atoms with E-state index in [1.807, 2.05) is 25.2 Å². The van der Waals surface area contributed by atoms with Crippen LogP contribution in [0.1, 0.15) is 28.0 Å². The summed E-state index contributed by atoms with van der Waals surface area (Å²) in [5.41, 5.74) is 10.7. The molecule has 9 heteroatoms. The van der Waals surface area contributed by atoms with Gasteiger partial charge >= 0.3 is 0 Å². The largest absolute Gasteiger partial charge is 0.489 e. The predicted molar refractivity (Wildman–Crippen MR) is 134 cm³/mol. The number of nitrogen functional groups attached to an aromatic ring is 1. The Morgan fingerprint density at radius 1 is 1.23 bits per heavy atom. The molecule has 1 atom stereocenters. The molecular weight excluding hydrogens is 444 g/mol. The summed E-state index contributed by atoms with van der Waals surface area (Å²) >= 11 is 0. The van der Waals surface area contributed by atoms with Gasteiger partial charge < -0.3 is 25.4 Å². The molecule has 3 aromatic rings. The van der Waals surface area contributed by atoms with E-state index < -0.39 is 0 Å². The van der Waals surface area contributed by atoms with E-state index in [-0.39, 0.29) is 29.8 Å². The molecule has 1 saturated heterocycles. The third kappa shape index (κ3) is 5.11. The maximum absolute atomic E-state index is 13.3. The van der Waals surface area contributed by atoms with Crippen molar-refractivity contribution in [3.8, 4) is 17.0 Å². The Kier molecular flexibility index (Phi) is 6.87. The first-order valence-corrected chi connectivity index (χ1v) is 12.0. The number of nitrogens with two attached hydrogens (primary N) is 1. The van der Waals surface area contributed by atoms with Crippen molar-refractivity contribution in [2.45, 2.75) is 25.4 Å². The summed E-state index contributed by atoms with van der Waals surface area (Å²) < 4.78 is 11.5. The van der Waals surface area contributed by atoms with Gasteiger partial charge in [-0.3, -0.25) is 9.78 Å². The highest BCUT2D eigenvalue weighted by Gasteiger charge is 2.22. The van der Waals surface area contributed by atoms with E-state index in [1.165, 1.54) is 0 Å². The lowest BCUT2D eigenvalue weighted by Gasteiger charge is -2.30. The van der Waals surface area contributed by atoms with Crippen molar-refractivity contribution in [3.05, 3.63) is 59.7 Å². The third-order valence-corrected chi connectivity index (χ3v) is 6.46. The second-order valence-electron chi connectivity index (χ2n) is 8.85. The van der Waals surface area contributed by atoms with Gasteiger partial charge in [-0.05, 0) is 49.7 Å². The van der Waals surface area contributed by atoms with Crippen molar-refractivity contribution in [1.29, 1.82) is 0 Å². The number of pyridine rings is 1. The average Bonchev–Trinajstić information content (AvgIpc) is 2.89. The molecule has 0 aliphatic carbocycles. The number of aromatic nitrogens is 3. The summed E-state index contributed by atoms with van der Waals surface area (Å²) in [5, 5.41) is 3.17. The van der Waals surface area contributed by atoms with E-state index in [2.05, 4.69) is 31.2 Å². The number of nitrogens with zero attached hydrogens (tertiary/aromatic N) is 4. The Morgan fingerprint density at radius 2 is 2.09 bits per heavy atom. The van der Waals surface area contributed by atoms with Gasteiger partial charge in [0.1, 0.15) is 17.5 Å². The molecule has 0 spiro atoms. The molecule has 3 N–H and O–H groups in total. The summed E-state index contributed by atoms with van der Waals surface area (Å²) in [7, 11) is 1.93. The zero-order valence-electron chi connectivity index (χ0n) is 19.9. The molecule has 0 saturated carbocycles. The summed E-state index contributed by atoms with van der Waals surface area (Å²) in [5.74, 6) is 0.842. The van der Waals surface area contributed by atoms with Crippen LogP contribution in [0, 0.1) is 0 Å². The number of carbonyl (C=O) groups excluding carboxylic acids is 1. The number of fused-ring (bicyclic) bond motifs is 1. The van der Waals surface area contributed by atoms with Crippen LogP contribution in [0.3, 0.4) is 0 Å². The Morgan fingerprint density at radius 3 is 2.91 bits per heavy atom. The summed E-state index contributed by atoms with van der Waals surface area (Å²) in [6, 6.07) is 7.93. The number of likely N-dealkylation sites (N-methyl/N-ethyl adjacent to an activating group) is 1. The number of morpholine rings is 1. The Hall–Kier alpha value is -3.56. The lowest BCUT2D eigenvalue weighted by atomic mass is 9.98. The monoisotopic (exact) mass is 474 g/mol. The molecule has 2 aliphatic heterocycles. The van der Waals surface area contributed by atoms with Gasteiger partial charge in [0.15, 0.2) is 11.6 Å². The van der Waals surface area contributed by atoms with Gasteiger partial charge in [-0.1, -0.05) is 0 Å². The molecule has 4 heterocycles. The first-order chi connectivity index (χ1) is 17.1. The van der Waals surface area contributed by atoms with E-state index in [1.54, 1.807) is 18.6 Å². The van der Waals surface area contributed by atoms with Crippen LogP contribution < -0.4 is 20.7 Å². The zero-order chi connectivity index (χ0) is 24.2. The molecule has 9 nitrogen and oxygen atoms in total. The van der Waals surface area contributed by atoms with Gasteiger partial charge in [0.25, 0.3) is 0 Å². The van der Waals surface area contributed by atoms with Crippen LogP contribution in [0.15, 0.2) is 42.9 Å². The second kappa shape index (κ2) is 10.4. The fourth-order valence-electron chi connectivity index (χ4n) is 4.64. The van der Waals surface area contributed by atoms with Gasteiger partial charge in [-0.2, -0.15) is 0 Å². The number of Topliss-reactive ketones (excluding diaryl/α,β-unsaturated/α-hetero) is 1. The van der Waals surface area contributed by atoms with Crippen molar-refractivity contribution in [2.24, 2.45) is 0 Å². The highest BCUT2D eigenvalue weighted by atomic mass is 16.5. The van der Waals surface area contributed by atoms with Gasteiger partial charge in [0.05, 0.1) is 25.1 Å². The second-order valence-corrected chi connectivity index (χ2v) is 8.85. The highest BCUT2D eigenvalue weighted by molar-refractivity contribution is 6.00. The molecule has 2 aromatic heterocycles. The molecule has 1 aromatic carbocycles. The van der Waals surface area contributed by atoms with E-state index in [4.69, 9.17) is 15.2 Å². The van der Waals surface area contributed by atoms with E-state index in [0.29, 0.717) is 18.9 Å². The number of hydrogen-bond acceptors (Lipinski definition) is 9. The summed E-state index contributed by atoms with van der Waals surface area (Å²) in [4.78, 5) is 28.7. The Balaban J connectivity index is 1.37. The Labute approximate surface area is 204 Å². The van der Waals surface area contributed by atoms with Gasteiger partial charge in [-0.15, -0.1) is 0 Å². The minimum Gasteiger partial charge on any atom is -0.489 e. The molecule has 35 heavy (non-hydrogen) atoms. The topological polar surface area (TPSA) is 115 Å². The predicted octanol–water partition coefficient (Wildman–Crippen LogP) is 2.30. The number of anilines is 2. The quantitative estimate of drug-likeness (QED) is 0.498. The number of ketones is 1. The van der Waals surface area contributed by atoms with Crippen LogP contribution in [0.2, 0.25) is 0 Å². The number of rotatable bonds is 7. The maximum Gasteiger partial charge on any atom is 0.189 e. The number of nitrogens with one attached hydrogen (secondary N) is 1. The number of ether oxygens (including phenoxy) is 2. The zero-order valence-corrected chi connectivity index (χ0v) is 19.9. The third-order valence-electron chi connectivity index (χ3n) is 6.46. The normalized spacial score (nSPS) is 17.5. The molecule has 182 valence electrons. The summed E-state index contributed by atoms with van der Waals surface area (Å²) in [6.45, 7) is 3.71. The first-order valence-electron chi connectivity index (χ1n) is 12.0. The number of benzene rings is 1. The van der Waals surface area contributed by atoms with E-state index in [0.717, 1.165) is 60.6 Å². The van der Waals surface area contributed by atoms with Crippen LogP contribution in [0.4, 0.5) is 11.5 Å². The van der Waals surface area contributed by atoms with Crippen molar-refractivity contribution < 1.29 is 14.3 Å². The SMILES string of the molecule is CNCC1CCc2cc(-c3cnc(N)c(C(=O)Cc4cnccc4N4CCOCC4)n3)ccc2O1. The van der Waals surface area contributed by atoms with Gasteiger partial charge in [-0.25, -0.2) is 9.97 Å². The fourth-order valence-corrected chi connectivity index (χ4v) is 4.64. The van der Waals surface area contributed by atoms with Crippen LogP contribution in [-0.2, 0) is 17.6 Å². The molecule has 0 amide bonds. The van der Waals surface area contributed by atoms with Crippen molar-refractivity contribution in [2.75, 3.05) is 50.5 Å². The molecule has 1 fully saturated rings. The van der Waals surface area contributed by atoms with Crippen molar-refractivity contribution in [1.82, 2.24) is 20.3 Å². The lowest BCUT2D eigenvalue weighted by Crippen LogP contribution is -2.37. The average molecular weight is 475 g/mol. The smallest absolute Gasteiger partial charge is 0.189 e. The van der Waals surface area contributed by atoms with Gasteiger partial charge in [0, 0.05) is 55.3 Å². The number of aryl methyl sites for hydroxylation is 1. The van der Waals surface area contributed by atoms with Crippen LogP contribution in [0.5, 0.6) is 5.75 Å². The minimum atomic E-state index is -0.185. The molecule has 2 aliphatic rings. The molecule has 5 rings (SSSR count). The standard InChI is InChI=1S/C26H30N6O3/c1-28-15-20-4-2-18-12-17(3-5-24(18)35-20)21-16-30-26(27)25(31-21)23(33)13-19-14-29-7-6-22(19)32-8-10-34-11-9-32/h3,5-7,12,14,16,20,28H,2,4,8-11,13,15H2,1H3,(H2,27,30). The molecule has 1 unspecified atom stereocenters. The van der Waals surface area contributed by atoms with E-state index >= 15 is 0 Å². The first kappa shape index (κ1) is 23.2. The molecular formula is C26H30N6O3. The highest BCUT2D eigenvalue weighted by Crippen LogP contribution is 2.32. The lowest BCUT2D eigenvalue weighted by molar-refractivity contribution is 0.0988. The van der Waals surface area contributed by atoms with Crippen molar-refractivity contribution >= 4 is 17.3 Å². The fraction of sp³-hybridized carbons (Fsp3) is 0.385. The molecule has 0 radical (unpaired) electrons.